The van der Waals surface area contributed by atoms with E-state index in [1.807, 2.05) is 29.2 Å². The molecule has 0 radical (unpaired) electrons. The zero-order valence-electron chi connectivity index (χ0n) is 14.6. The van der Waals surface area contributed by atoms with Gasteiger partial charge in [0.25, 0.3) is 0 Å². The van der Waals surface area contributed by atoms with Crippen molar-refractivity contribution in [1.82, 2.24) is 0 Å². The number of aryl methyl sites for hydroxylation is 1. The highest BCUT2D eigenvalue weighted by Crippen LogP contribution is 2.52. The molecule has 0 saturated heterocycles. The van der Waals surface area contributed by atoms with Crippen LogP contribution in [0.4, 0.5) is 11.4 Å². The van der Waals surface area contributed by atoms with Crippen LogP contribution in [-0.4, -0.2) is 24.9 Å². The van der Waals surface area contributed by atoms with Gasteiger partial charge in [-0.25, -0.2) is 0 Å². The van der Waals surface area contributed by atoms with Crippen molar-refractivity contribution < 1.29 is 9.59 Å². The number of carbonyl (C=O) groups excluding carboxylic acids is 2. The summed E-state index contributed by atoms with van der Waals surface area (Å²) in [6.07, 6.45) is 1.74. The van der Waals surface area contributed by atoms with Gasteiger partial charge >= 0.3 is 0 Å². The summed E-state index contributed by atoms with van der Waals surface area (Å²) < 4.78 is 0. The molecule has 1 aromatic carbocycles. The zero-order chi connectivity index (χ0) is 17.6. The largest absolute Gasteiger partial charge is 0.311 e. The molecule has 4 rings (SSSR count). The van der Waals surface area contributed by atoms with Crippen molar-refractivity contribution in [3.63, 3.8) is 0 Å². The van der Waals surface area contributed by atoms with E-state index < -0.39 is 0 Å². The summed E-state index contributed by atoms with van der Waals surface area (Å²) in [7, 11) is 0. The Labute approximate surface area is 152 Å². The average molecular weight is 354 g/mol. The number of rotatable bonds is 2. The summed E-state index contributed by atoms with van der Waals surface area (Å²) in [6, 6.07) is 9.90. The molecule has 5 heteroatoms. The van der Waals surface area contributed by atoms with E-state index in [4.69, 9.17) is 0 Å². The molecule has 1 aliphatic carbocycles. The van der Waals surface area contributed by atoms with E-state index in [9.17, 15) is 9.59 Å². The lowest BCUT2D eigenvalue weighted by Crippen LogP contribution is -2.33. The van der Waals surface area contributed by atoms with Crippen LogP contribution in [0.15, 0.2) is 35.7 Å². The van der Waals surface area contributed by atoms with Gasteiger partial charge in [-0.3, -0.25) is 9.59 Å². The molecular weight excluding hydrogens is 332 g/mol. The Balaban J connectivity index is 1.62. The van der Waals surface area contributed by atoms with Crippen molar-refractivity contribution in [3.05, 3.63) is 46.2 Å². The third kappa shape index (κ3) is 2.86. The number of hydrogen-bond acceptors (Lipinski definition) is 3. The van der Waals surface area contributed by atoms with Gasteiger partial charge in [0.2, 0.25) is 11.8 Å². The molecule has 25 heavy (non-hydrogen) atoms. The van der Waals surface area contributed by atoms with E-state index in [0.29, 0.717) is 19.0 Å². The minimum absolute atomic E-state index is 0.0280. The third-order valence-corrected chi connectivity index (χ3v) is 6.37. The molecule has 0 spiro atoms. The number of benzene rings is 1. The fourth-order valence-corrected chi connectivity index (χ4v) is 4.93. The second-order valence-electron chi connectivity index (χ2n) is 6.92. The summed E-state index contributed by atoms with van der Waals surface area (Å²) in [5.74, 6) is 0.678. The Hall–Kier alpha value is -2.14. The Morgan fingerprint density at radius 1 is 1.08 bits per heavy atom. The van der Waals surface area contributed by atoms with Gasteiger partial charge in [0.15, 0.2) is 0 Å². The normalized spacial score (nSPS) is 22.3. The number of amides is 2. The maximum absolute atomic E-state index is 13.2. The predicted molar refractivity (Wildman–Crippen MR) is 101 cm³/mol. The lowest BCUT2D eigenvalue weighted by atomic mass is 10.1. The molecule has 1 fully saturated rings. The van der Waals surface area contributed by atoms with E-state index in [0.717, 1.165) is 24.2 Å². The number of carbonyl (C=O) groups is 2. The van der Waals surface area contributed by atoms with Crippen LogP contribution in [0.5, 0.6) is 0 Å². The molecule has 2 heterocycles. The van der Waals surface area contributed by atoms with Gasteiger partial charge in [0, 0.05) is 36.7 Å². The first-order chi connectivity index (χ1) is 12.1. The summed E-state index contributed by atoms with van der Waals surface area (Å²) in [4.78, 5) is 30.3. The molecule has 0 bridgehead atoms. The molecule has 2 aliphatic rings. The van der Waals surface area contributed by atoms with Gasteiger partial charge in [-0.1, -0.05) is 12.1 Å². The van der Waals surface area contributed by atoms with E-state index in [1.165, 1.54) is 10.4 Å². The zero-order valence-corrected chi connectivity index (χ0v) is 15.4. The summed E-state index contributed by atoms with van der Waals surface area (Å²) >= 11 is 1.76. The number of nitrogens with zero attached hydrogens (tertiary/aromatic N) is 2. The van der Waals surface area contributed by atoms with Crippen LogP contribution in [0, 0.1) is 12.8 Å². The predicted octanol–water partition coefficient (Wildman–Crippen LogP) is 3.95. The smallest absolute Gasteiger partial charge is 0.230 e. The van der Waals surface area contributed by atoms with Crippen LogP contribution in [0.2, 0.25) is 0 Å². The van der Waals surface area contributed by atoms with Gasteiger partial charge in [-0.2, -0.15) is 0 Å². The van der Waals surface area contributed by atoms with Crippen LogP contribution in [0.25, 0.3) is 0 Å². The summed E-state index contributed by atoms with van der Waals surface area (Å²) in [5, 5.41) is 2.11. The molecule has 1 saturated carbocycles. The lowest BCUT2D eigenvalue weighted by Gasteiger charge is -2.25. The minimum atomic E-state index is 0.0280. The summed E-state index contributed by atoms with van der Waals surface area (Å²) in [6.45, 7) is 5.04. The molecule has 2 amide bonds. The van der Waals surface area contributed by atoms with E-state index in [2.05, 4.69) is 18.4 Å². The highest BCUT2D eigenvalue weighted by atomic mass is 32.1. The maximum atomic E-state index is 13.2. The number of hydrogen-bond donors (Lipinski definition) is 0. The summed E-state index contributed by atoms with van der Waals surface area (Å²) in [5.41, 5.74) is 3.02. The first-order valence-electron chi connectivity index (χ1n) is 8.80. The molecule has 2 atom stereocenters. The van der Waals surface area contributed by atoms with Crippen molar-refractivity contribution in [1.29, 1.82) is 0 Å². The quantitative estimate of drug-likeness (QED) is 0.819. The van der Waals surface area contributed by atoms with E-state index in [1.54, 1.807) is 23.2 Å². The Morgan fingerprint density at radius 3 is 2.40 bits per heavy atom. The topological polar surface area (TPSA) is 40.6 Å². The first kappa shape index (κ1) is 16.3. The van der Waals surface area contributed by atoms with E-state index in [-0.39, 0.29) is 17.7 Å². The van der Waals surface area contributed by atoms with Crippen LogP contribution in [0.3, 0.4) is 0 Å². The molecule has 1 aliphatic heterocycles. The SMILES string of the molecule is CC(=O)N1CCCN(C(=O)[C@@H]2C[C@H]2c2sccc2C)c2ccccc21. The number of para-hydroxylation sites is 2. The molecular formula is C20H22N2O2S. The molecule has 1 aromatic heterocycles. The van der Waals surface area contributed by atoms with Crippen LogP contribution >= 0.6 is 11.3 Å². The Bertz CT molecular complexity index is 829. The molecule has 0 unspecified atom stereocenters. The lowest BCUT2D eigenvalue weighted by molar-refractivity contribution is -0.120. The van der Waals surface area contributed by atoms with Crippen LogP contribution < -0.4 is 9.80 Å². The standard InChI is InChI=1S/C20H22N2O2S/c1-13-8-11-25-19(13)15-12-16(15)20(24)22-10-5-9-21(14(2)23)17-6-3-4-7-18(17)22/h3-4,6-8,11,15-16H,5,9-10,12H2,1-2H3/t15-,16-/m1/s1. The Kier molecular flexibility index (Phi) is 4.12. The fourth-order valence-electron chi connectivity index (χ4n) is 3.83. The van der Waals surface area contributed by atoms with Crippen LogP contribution in [0.1, 0.15) is 36.1 Å². The maximum Gasteiger partial charge on any atom is 0.230 e. The highest BCUT2D eigenvalue weighted by molar-refractivity contribution is 7.10. The van der Waals surface area contributed by atoms with Crippen molar-refractivity contribution in [2.45, 2.75) is 32.6 Å². The van der Waals surface area contributed by atoms with Crippen molar-refractivity contribution in [3.8, 4) is 0 Å². The molecule has 2 aromatic rings. The number of fused-ring (bicyclic) bond motifs is 1. The molecule has 130 valence electrons. The van der Waals surface area contributed by atoms with Gasteiger partial charge in [0.1, 0.15) is 0 Å². The van der Waals surface area contributed by atoms with E-state index >= 15 is 0 Å². The van der Waals surface area contributed by atoms with Gasteiger partial charge in [-0.15, -0.1) is 11.3 Å². The van der Waals surface area contributed by atoms with Crippen molar-refractivity contribution in [2.75, 3.05) is 22.9 Å². The van der Waals surface area contributed by atoms with Crippen molar-refractivity contribution >= 4 is 34.5 Å². The molecule has 4 nitrogen and oxygen atoms in total. The van der Waals surface area contributed by atoms with Gasteiger partial charge in [0.05, 0.1) is 11.4 Å². The first-order valence-corrected chi connectivity index (χ1v) is 9.68. The average Bonchev–Trinajstić information content (AvgIpc) is 3.32. The highest BCUT2D eigenvalue weighted by Gasteiger charge is 2.47. The third-order valence-electron chi connectivity index (χ3n) is 5.22. The minimum Gasteiger partial charge on any atom is -0.311 e. The number of thiophene rings is 1. The van der Waals surface area contributed by atoms with Gasteiger partial charge in [-0.05, 0) is 48.9 Å². The van der Waals surface area contributed by atoms with Crippen molar-refractivity contribution in [2.24, 2.45) is 5.92 Å². The van der Waals surface area contributed by atoms with Gasteiger partial charge < -0.3 is 9.80 Å². The Morgan fingerprint density at radius 2 is 1.76 bits per heavy atom. The fraction of sp³-hybridized carbons (Fsp3) is 0.400. The van der Waals surface area contributed by atoms with Crippen LogP contribution in [-0.2, 0) is 9.59 Å². The number of anilines is 2. The second kappa shape index (κ2) is 6.30. The second-order valence-corrected chi connectivity index (χ2v) is 7.87. The monoisotopic (exact) mass is 354 g/mol. The molecule has 0 N–H and O–H groups in total.